The Hall–Kier alpha value is -1.71. The molecule has 4 nitrogen and oxygen atoms in total. The van der Waals surface area contributed by atoms with Gasteiger partial charge in [-0.2, -0.15) is 0 Å². The van der Waals surface area contributed by atoms with Gasteiger partial charge in [-0.15, -0.1) is 0 Å². The van der Waals surface area contributed by atoms with Gasteiger partial charge in [0.05, 0.1) is 0 Å². The van der Waals surface area contributed by atoms with Crippen LogP contribution in [0, 0.1) is 6.92 Å². The van der Waals surface area contributed by atoms with Crippen molar-refractivity contribution in [2.75, 3.05) is 6.61 Å². The molecule has 0 saturated heterocycles. The lowest BCUT2D eigenvalue weighted by molar-refractivity contribution is -0.147. The van der Waals surface area contributed by atoms with Crippen LogP contribution in [0.3, 0.4) is 0 Å². The Bertz CT molecular complexity index is 372. The molecule has 2 rings (SSSR count). The van der Waals surface area contributed by atoms with E-state index in [0.29, 0.717) is 11.5 Å². The summed E-state index contributed by atoms with van der Waals surface area (Å²) in [6.07, 6.45) is -0.899. The van der Waals surface area contributed by atoms with E-state index >= 15 is 0 Å². The molecule has 0 aliphatic carbocycles. The molecule has 4 heteroatoms. The summed E-state index contributed by atoms with van der Waals surface area (Å²) in [6.45, 7) is 1.91. The number of aliphatic carboxylic acids is 1. The van der Waals surface area contributed by atoms with Crippen LogP contribution in [0.2, 0.25) is 0 Å². The lowest BCUT2D eigenvalue weighted by atomic mass is 10.2. The minimum absolute atomic E-state index is 0.0613. The van der Waals surface area contributed by atoms with Crippen LogP contribution < -0.4 is 9.47 Å². The van der Waals surface area contributed by atoms with E-state index in [-0.39, 0.29) is 6.61 Å². The molecule has 1 atom stereocenters. The zero-order chi connectivity index (χ0) is 10.1. The molecule has 1 heterocycles. The van der Waals surface area contributed by atoms with E-state index < -0.39 is 12.1 Å². The van der Waals surface area contributed by atoms with Crippen LogP contribution in [-0.2, 0) is 4.79 Å². The second-order valence-corrected chi connectivity index (χ2v) is 3.16. The quantitative estimate of drug-likeness (QED) is 0.730. The molecular formula is C10H10O4. The van der Waals surface area contributed by atoms with E-state index in [0.717, 1.165) is 5.56 Å². The molecule has 1 aliphatic heterocycles. The summed E-state index contributed by atoms with van der Waals surface area (Å²) in [5, 5.41) is 8.75. The van der Waals surface area contributed by atoms with Gasteiger partial charge in [0.1, 0.15) is 6.61 Å². The van der Waals surface area contributed by atoms with Crippen molar-refractivity contribution in [3.63, 3.8) is 0 Å². The number of rotatable bonds is 1. The van der Waals surface area contributed by atoms with Crippen LogP contribution in [0.15, 0.2) is 18.2 Å². The zero-order valence-electron chi connectivity index (χ0n) is 7.69. The highest BCUT2D eigenvalue weighted by molar-refractivity contribution is 5.73. The van der Waals surface area contributed by atoms with Gasteiger partial charge in [-0.05, 0) is 18.6 Å². The molecule has 0 aromatic heterocycles. The number of benzene rings is 1. The zero-order valence-corrected chi connectivity index (χ0v) is 7.69. The Kier molecular flexibility index (Phi) is 2.04. The molecule has 0 fully saturated rings. The average Bonchev–Trinajstić information content (AvgIpc) is 2.18. The van der Waals surface area contributed by atoms with E-state index in [2.05, 4.69) is 0 Å². The van der Waals surface area contributed by atoms with Crippen molar-refractivity contribution in [2.45, 2.75) is 13.0 Å². The lowest BCUT2D eigenvalue weighted by Gasteiger charge is -2.24. The standard InChI is InChI=1S/C10H10O4/c1-6-3-2-4-7-9(6)14-8(5-13-7)10(11)12/h2-4,8H,5H2,1H3,(H,11,12). The van der Waals surface area contributed by atoms with Gasteiger partial charge in [0.25, 0.3) is 0 Å². The normalized spacial score (nSPS) is 19.1. The first kappa shape index (κ1) is 8.87. The Labute approximate surface area is 81.1 Å². The van der Waals surface area contributed by atoms with Crippen molar-refractivity contribution in [1.82, 2.24) is 0 Å². The van der Waals surface area contributed by atoms with Gasteiger partial charge < -0.3 is 14.6 Å². The van der Waals surface area contributed by atoms with Crippen LogP contribution in [-0.4, -0.2) is 23.8 Å². The molecule has 74 valence electrons. The number of hydrogen-bond donors (Lipinski definition) is 1. The number of para-hydroxylation sites is 1. The van der Waals surface area contributed by atoms with Crippen molar-refractivity contribution < 1.29 is 19.4 Å². The van der Waals surface area contributed by atoms with Crippen LogP contribution in [0.1, 0.15) is 5.56 Å². The monoisotopic (exact) mass is 194 g/mol. The Balaban J connectivity index is 2.33. The number of carboxylic acids is 1. The molecule has 1 aromatic carbocycles. The summed E-state index contributed by atoms with van der Waals surface area (Å²) >= 11 is 0. The van der Waals surface area contributed by atoms with Crippen LogP contribution in [0.5, 0.6) is 11.5 Å². The molecule has 0 amide bonds. The molecule has 14 heavy (non-hydrogen) atoms. The smallest absolute Gasteiger partial charge is 0.348 e. The summed E-state index contributed by atoms with van der Waals surface area (Å²) in [4.78, 5) is 10.7. The minimum atomic E-state index is -1.00. The predicted octanol–water partition coefficient (Wildman–Crippen LogP) is 1.22. The van der Waals surface area contributed by atoms with Gasteiger partial charge in [0, 0.05) is 0 Å². The maximum Gasteiger partial charge on any atom is 0.348 e. The first-order chi connectivity index (χ1) is 6.68. The van der Waals surface area contributed by atoms with Gasteiger partial charge in [-0.1, -0.05) is 12.1 Å². The SMILES string of the molecule is Cc1cccc2c1OC(C(=O)O)CO2. The van der Waals surface area contributed by atoms with Gasteiger partial charge in [-0.3, -0.25) is 0 Å². The molecule has 0 radical (unpaired) electrons. The fraction of sp³-hybridized carbons (Fsp3) is 0.300. The van der Waals surface area contributed by atoms with Crippen molar-refractivity contribution in [1.29, 1.82) is 0 Å². The third-order valence-electron chi connectivity index (χ3n) is 2.10. The molecule has 1 aliphatic rings. The van der Waals surface area contributed by atoms with Crippen LogP contribution in [0.4, 0.5) is 0 Å². The summed E-state index contributed by atoms with van der Waals surface area (Å²) in [5.41, 5.74) is 0.883. The number of carbonyl (C=O) groups is 1. The number of ether oxygens (including phenoxy) is 2. The highest BCUT2D eigenvalue weighted by Gasteiger charge is 2.27. The number of carboxylic acid groups (broad SMARTS) is 1. The molecule has 1 aromatic rings. The third kappa shape index (κ3) is 1.39. The van der Waals surface area contributed by atoms with Crippen LogP contribution in [0.25, 0.3) is 0 Å². The largest absolute Gasteiger partial charge is 0.485 e. The number of fused-ring (bicyclic) bond motifs is 1. The second kappa shape index (κ2) is 3.21. The topological polar surface area (TPSA) is 55.8 Å². The van der Waals surface area contributed by atoms with E-state index in [1.807, 2.05) is 19.1 Å². The van der Waals surface area contributed by atoms with E-state index in [9.17, 15) is 4.79 Å². The molecule has 0 bridgehead atoms. The first-order valence-electron chi connectivity index (χ1n) is 4.30. The van der Waals surface area contributed by atoms with E-state index in [1.54, 1.807) is 6.07 Å². The van der Waals surface area contributed by atoms with E-state index in [4.69, 9.17) is 14.6 Å². The summed E-state index contributed by atoms with van der Waals surface area (Å²) < 4.78 is 10.6. The Morgan fingerprint density at radius 1 is 1.57 bits per heavy atom. The van der Waals surface area contributed by atoms with Crippen molar-refractivity contribution in [3.8, 4) is 11.5 Å². The fourth-order valence-electron chi connectivity index (χ4n) is 1.35. The minimum Gasteiger partial charge on any atom is -0.485 e. The maximum atomic E-state index is 10.7. The maximum absolute atomic E-state index is 10.7. The summed E-state index contributed by atoms with van der Waals surface area (Å²) in [5.74, 6) is 0.146. The average molecular weight is 194 g/mol. The number of aryl methyl sites for hydroxylation is 1. The molecule has 1 N–H and O–H groups in total. The summed E-state index contributed by atoms with van der Waals surface area (Å²) in [7, 11) is 0. The predicted molar refractivity (Wildman–Crippen MR) is 48.7 cm³/mol. The van der Waals surface area contributed by atoms with Gasteiger partial charge in [0.15, 0.2) is 11.5 Å². The third-order valence-corrected chi connectivity index (χ3v) is 2.10. The highest BCUT2D eigenvalue weighted by Crippen LogP contribution is 2.34. The van der Waals surface area contributed by atoms with Crippen LogP contribution >= 0.6 is 0 Å². The van der Waals surface area contributed by atoms with Crippen molar-refractivity contribution >= 4 is 5.97 Å². The molecule has 0 spiro atoms. The van der Waals surface area contributed by atoms with Gasteiger partial charge in [-0.25, -0.2) is 4.79 Å². The van der Waals surface area contributed by atoms with Gasteiger partial charge in [0.2, 0.25) is 6.10 Å². The molecule has 0 saturated carbocycles. The Morgan fingerprint density at radius 2 is 2.36 bits per heavy atom. The van der Waals surface area contributed by atoms with Crippen molar-refractivity contribution in [2.24, 2.45) is 0 Å². The highest BCUT2D eigenvalue weighted by atomic mass is 16.6. The summed E-state index contributed by atoms with van der Waals surface area (Å²) in [6, 6.07) is 5.46. The molecular weight excluding hydrogens is 184 g/mol. The molecule has 1 unspecified atom stereocenters. The van der Waals surface area contributed by atoms with Gasteiger partial charge >= 0.3 is 5.97 Å². The number of hydrogen-bond acceptors (Lipinski definition) is 3. The van der Waals surface area contributed by atoms with E-state index in [1.165, 1.54) is 0 Å². The second-order valence-electron chi connectivity index (χ2n) is 3.16. The van der Waals surface area contributed by atoms with Crippen molar-refractivity contribution in [3.05, 3.63) is 23.8 Å². The lowest BCUT2D eigenvalue weighted by Crippen LogP contribution is -2.36. The Morgan fingerprint density at radius 3 is 3.07 bits per heavy atom. The fourth-order valence-corrected chi connectivity index (χ4v) is 1.35. The first-order valence-corrected chi connectivity index (χ1v) is 4.30.